The number of aliphatic carboxylic acids is 1. The van der Waals surface area contributed by atoms with Crippen LogP contribution in [0.15, 0.2) is 0 Å². The van der Waals surface area contributed by atoms with Gasteiger partial charge in [-0.1, -0.05) is 19.3 Å². The van der Waals surface area contributed by atoms with Gasteiger partial charge in [-0.2, -0.15) is 0 Å². The number of hydrogen-bond donors (Lipinski definition) is 2. The van der Waals surface area contributed by atoms with Crippen LogP contribution in [-0.4, -0.2) is 36.7 Å². The van der Waals surface area contributed by atoms with Crippen LogP contribution in [0.4, 0.5) is 0 Å². The Hall–Kier alpha value is -1.10. The van der Waals surface area contributed by atoms with E-state index in [1.807, 2.05) is 0 Å². The number of rotatable bonds is 5. The Morgan fingerprint density at radius 3 is 2.65 bits per heavy atom. The average molecular weight is 243 g/mol. The maximum absolute atomic E-state index is 11.6. The van der Waals surface area contributed by atoms with Crippen LogP contribution in [0.5, 0.6) is 0 Å². The molecule has 2 N–H and O–H groups in total. The van der Waals surface area contributed by atoms with Crippen LogP contribution in [0.25, 0.3) is 0 Å². The molecule has 0 heterocycles. The van der Waals surface area contributed by atoms with Gasteiger partial charge in [0.2, 0.25) is 5.91 Å². The van der Waals surface area contributed by atoms with Crippen molar-refractivity contribution in [3.05, 3.63) is 0 Å². The second-order valence-corrected chi connectivity index (χ2v) is 4.50. The van der Waals surface area contributed by atoms with Crippen LogP contribution >= 0.6 is 0 Å². The lowest BCUT2D eigenvalue weighted by molar-refractivity contribution is -0.143. The summed E-state index contributed by atoms with van der Waals surface area (Å²) in [5, 5.41) is 12.0. The molecule has 1 aliphatic carbocycles. The molecule has 0 aromatic heterocycles. The Kier molecular flexibility index (Phi) is 5.97. The first kappa shape index (κ1) is 14.0. The summed E-state index contributed by atoms with van der Waals surface area (Å²) in [6.07, 6.45) is 4.67. The molecule has 1 fully saturated rings. The van der Waals surface area contributed by atoms with Gasteiger partial charge in [0.05, 0.1) is 12.5 Å². The van der Waals surface area contributed by atoms with E-state index in [4.69, 9.17) is 9.84 Å². The molecule has 0 aliphatic heterocycles. The molecule has 2 atom stereocenters. The summed E-state index contributed by atoms with van der Waals surface area (Å²) in [4.78, 5) is 22.7. The highest BCUT2D eigenvalue weighted by Crippen LogP contribution is 2.23. The number of carboxylic acids is 1. The van der Waals surface area contributed by atoms with Gasteiger partial charge in [-0.3, -0.25) is 9.59 Å². The Balaban J connectivity index is 2.51. The third-order valence-electron chi connectivity index (χ3n) is 3.21. The summed E-state index contributed by atoms with van der Waals surface area (Å²) in [6, 6.07) is -0.223. The minimum atomic E-state index is -0.802. The van der Waals surface area contributed by atoms with Crippen LogP contribution in [-0.2, 0) is 14.3 Å². The summed E-state index contributed by atoms with van der Waals surface area (Å²) in [7, 11) is 1.54. The van der Waals surface area contributed by atoms with Crippen LogP contribution in [0.3, 0.4) is 0 Å². The van der Waals surface area contributed by atoms with Crippen LogP contribution in [0.1, 0.15) is 38.5 Å². The zero-order chi connectivity index (χ0) is 12.7. The van der Waals surface area contributed by atoms with E-state index in [0.717, 1.165) is 25.7 Å². The van der Waals surface area contributed by atoms with Crippen molar-refractivity contribution in [1.82, 2.24) is 5.32 Å². The summed E-state index contributed by atoms with van der Waals surface area (Å²) in [5.41, 5.74) is 0. The van der Waals surface area contributed by atoms with E-state index in [2.05, 4.69) is 5.32 Å². The van der Waals surface area contributed by atoms with Gasteiger partial charge in [0.25, 0.3) is 0 Å². The topological polar surface area (TPSA) is 75.6 Å². The third kappa shape index (κ3) is 4.73. The van der Waals surface area contributed by atoms with Crippen molar-refractivity contribution in [3.63, 3.8) is 0 Å². The molecule has 5 heteroatoms. The fourth-order valence-electron chi connectivity index (χ4n) is 2.25. The van der Waals surface area contributed by atoms with Crippen LogP contribution in [0.2, 0.25) is 0 Å². The Bertz CT molecular complexity index is 267. The van der Waals surface area contributed by atoms with Gasteiger partial charge in [-0.15, -0.1) is 0 Å². The second kappa shape index (κ2) is 7.27. The molecular weight excluding hydrogens is 222 g/mol. The van der Waals surface area contributed by atoms with E-state index in [-0.39, 0.29) is 11.9 Å². The lowest BCUT2D eigenvalue weighted by atomic mass is 9.95. The number of carboxylic acid groups (broad SMARTS) is 1. The molecule has 1 saturated carbocycles. The fraction of sp³-hybridized carbons (Fsp3) is 0.833. The molecule has 98 valence electrons. The molecule has 0 aromatic carbocycles. The normalized spacial score (nSPS) is 25.0. The van der Waals surface area contributed by atoms with Gasteiger partial charge < -0.3 is 15.2 Å². The third-order valence-corrected chi connectivity index (χ3v) is 3.21. The molecular formula is C12H21NO4. The van der Waals surface area contributed by atoms with Gasteiger partial charge in [-0.05, 0) is 12.8 Å². The van der Waals surface area contributed by atoms with Crippen molar-refractivity contribution in [2.24, 2.45) is 5.92 Å². The number of nitrogens with one attached hydrogen (secondary N) is 1. The summed E-state index contributed by atoms with van der Waals surface area (Å²) in [5.74, 6) is -1.36. The van der Waals surface area contributed by atoms with Gasteiger partial charge in [0.1, 0.15) is 0 Å². The molecule has 2 unspecified atom stereocenters. The van der Waals surface area contributed by atoms with Crippen molar-refractivity contribution in [2.45, 2.75) is 44.6 Å². The molecule has 5 nitrogen and oxygen atoms in total. The highest BCUT2D eigenvalue weighted by atomic mass is 16.5. The largest absolute Gasteiger partial charge is 0.481 e. The minimum absolute atomic E-state index is 0.120. The summed E-state index contributed by atoms with van der Waals surface area (Å²) in [6.45, 7) is 0.371. The Morgan fingerprint density at radius 1 is 1.29 bits per heavy atom. The molecule has 0 aromatic rings. The second-order valence-electron chi connectivity index (χ2n) is 4.50. The molecule has 1 aliphatic rings. The van der Waals surface area contributed by atoms with E-state index in [9.17, 15) is 9.59 Å². The Labute approximate surface area is 102 Å². The first-order valence-corrected chi connectivity index (χ1v) is 6.16. The highest BCUT2D eigenvalue weighted by Gasteiger charge is 2.30. The van der Waals surface area contributed by atoms with E-state index >= 15 is 0 Å². The van der Waals surface area contributed by atoms with E-state index in [1.54, 1.807) is 7.11 Å². The predicted octanol–water partition coefficient (Wildman–Crippen LogP) is 1.17. The molecule has 0 saturated heterocycles. The lowest BCUT2D eigenvalue weighted by Crippen LogP contribution is -2.43. The Morgan fingerprint density at radius 2 is 2.00 bits per heavy atom. The predicted molar refractivity (Wildman–Crippen MR) is 62.6 cm³/mol. The van der Waals surface area contributed by atoms with Gasteiger partial charge in [0.15, 0.2) is 0 Å². The first-order chi connectivity index (χ1) is 8.15. The van der Waals surface area contributed by atoms with Crippen molar-refractivity contribution in [2.75, 3.05) is 13.7 Å². The van der Waals surface area contributed by atoms with Crippen molar-refractivity contribution in [1.29, 1.82) is 0 Å². The van der Waals surface area contributed by atoms with E-state index < -0.39 is 11.9 Å². The van der Waals surface area contributed by atoms with Crippen LogP contribution in [0, 0.1) is 5.92 Å². The van der Waals surface area contributed by atoms with Gasteiger partial charge >= 0.3 is 5.97 Å². The summed E-state index contributed by atoms with van der Waals surface area (Å²) >= 11 is 0. The maximum Gasteiger partial charge on any atom is 0.308 e. The molecule has 0 spiro atoms. The van der Waals surface area contributed by atoms with Gasteiger partial charge in [-0.25, -0.2) is 0 Å². The number of carbonyl (C=O) groups excluding carboxylic acids is 1. The number of methoxy groups -OCH3 is 1. The summed E-state index contributed by atoms with van der Waals surface area (Å²) < 4.78 is 4.82. The molecule has 17 heavy (non-hydrogen) atoms. The zero-order valence-electron chi connectivity index (χ0n) is 10.3. The quantitative estimate of drug-likeness (QED) is 0.711. The van der Waals surface area contributed by atoms with Crippen molar-refractivity contribution in [3.8, 4) is 0 Å². The molecule has 0 bridgehead atoms. The zero-order valence-corrected chi connectivity index (χ0v) is 10.3. The maximum atomic E-state index is 11.6. The number of ether oxygens (including phenoxy) is 1. The van der Waals surface area contributed by atoms with E-state index in [1.165, 1.54) is 0 Å². The standard InChI is InChI=1S/C12H21NO4/c1-17-8-7-11(14)13-10-6-4-2-3-5-9(10)12(15)16/h9-10H,2-8H2,1H3,(H,13,14)(H,15,16). The number of hydrogen-bond acceptors (Lipinski definition) is 3. The molecule has 0 radical (unpaired) electrons. The molecule has 1 amide bonds. The lowest BCUT2D eigenvalue weighted by Gasteiger charge is -2.22. The fourth-order valence-corrected chi connectivity index (χ4v) is 2.25. The van der Waals surface area contributed by atoms with Crippen molar-refractivity contribution >= 4 is 11.9 Å². The number of amides is 1. The SMILES string of the molecule is COCCC(=O)NC1CCCCCC1C(=O)O. The molecule has 1 rings (SSSR count). The number of carbonyl (C=O) groups is 2. The van der Waals surface area contributed by atoms with E-state index in [0.29, 0.717) is 19.4 Å². The van der Waals surface area contributed by atoms with Gasteiger partial charge in [0, 0.05) is 19.6 Å². The average Bonchev–Trinajstić information content (AvgIpc) is 2.51. The van der Waals surface area contributed by atoms with Crippen molar-refractivity contribution < 1.29 is 19.4 Å². The smallest absolute Gasteiger partial charge is 0.308 e. The first-order valence-electron chi connectivity index (χ1n) is 6.16. The highest BCUT2D eigenvalue weighted by molar-refractivity contribution is 5.78. The van der Waals surface area contributed by atoms with Crippen LogP contribution < -0.4 is 5.32 Å². The monoisotopic (exact) mass is 243 g/mol. The minimum Gasteiger partial charge on any atom is -0.481 e.